The largest absolute Gasteiger partial charge is 0.380 e. The van der Waals surface area contributed by atoms with Gasteiger partial charge < -0.3 is 4.74 Å². The molecule has 0 radical (unpaired) electrons. The molecule has 140 valence electrons. The molecule has 1 aliphatic carbocycles. The third-order valence-corrected chi connectivity index (χ3v) is 6.08. The number of halogens is 2. The summed E-state index contributed by atoms with van der Waals surface area (Å²) in [6.45, 7) is 1.21. The van der Waals surface area contributed by atoms with Crippen molar-refractivity contribution >= 4 is 33.2 Å². The topological polar surface area (TPSA) is 90.3 Å². The van der Waals surface area contributed by atoms with Crippen LogP contribution in [0.4, 0.5) is 0 Å². The van der Waals surface area contributed by atoms with Crippen LogP contribution in [0.2, 0.25) is 10.0 Å². The summed E-state index contributed by atoms with van der Waals surface area (Å²) < 4.78 is 33.5. The quantitative estimate of drug-likeness (QED) is 0.665. The highest BCUT2D eigenvalue weighted by atomic mass is 35.5. The molecule has 1 aliphatic rings. The summed E-state index contributed by atoms with van der Waals surface area (Å²) in [5.41, 5.74) is -0.207. The maximum Gasteiger partial charge on any atom is 0.291 e. The highest BCUT2D eigenvalue weighted by Gasteiger charge is 2.21. The van der Waals surface area contributed by atoms with Crippen LogP contribution in [-0.2, 0) is 14.8 Å². The lowest BCUT2D eigenvalue weighted by atomic mass is 10.3. The Kier molecular flexibility index (Phi) is 5.99. The molecule has 1 heterocycles. The van der Waals surface area contributed by atoms with Crippen molar-refractivity contribution in [2.75, 3.05) is 19.8 Å². The van der Waals surface area contributed by atoms with E-state index in [9.17, 15) is 13.2 Å². The van der Waals surface area contributed by atoms with Crippen molar-refractivity contribution < 1.29 is 13.2 Å². The van der Waals surface area contributed by atoms with Crippen LogP contribution in [0.1, 0.15) is 12.8 Å². The van der Waals surface area contributed by atoms with Gasteiger partial charge in [0.15, 0.2) is 0 Å². The zero-order valence-electron chi connectivity index (χ0n) is 13.7. The van der Waals surface area contributed by atoms with Gasteiger partial charge in [0.1, 0.15) is 5.02 Å². The molecule has 0 atom stereocenters. The first-order chi connectivity index (χ1) is 12.4. The van der Waals surface area contributed by atoms with Gasteiger partial charge >= 0.3 is 0 Å². The van der Waals surface area contributed by atoms with Gasteiger partial charge in [0.2, 0.25) is 10.0 Å². The van der Waals surface area contributed by atoms with Crippen molar-refractivity contribution in [1.82, 2.24) is 14.5 Å². The Morgan fingerprint density at radius 1 is 1.23 bits per heavy atom. The molecular formula is C16H17Cl2N3O4S. The molecular weight excluding hydrogens is 401 g/mol. The van der Waals surface area contributed by atoms with Crippen molar-refractivity contribution in [1.29, 1.82) is 0 Å². The van der Waals surface area contributed by atoms with Crippen LogP contribution >= 0.6 is 23.2 Å². The molecule has 1 fully saturated rings. The van der Waals surface area contributed by atoms with Crippen molar-refractivity contribution in [3.05, 3.63) is 50.9 Å². The zero-order valence-corrected chi connectivity index (χ0v) is 16.0. The van der Waals surface area contributed by atoms with E-state index in [1.807, 2.05) is 0 Å². The highest BCUT2D eigenvalue weighted by Crippen LogP contribution is 2.28. The average Bonchev–Trinajstić information content (AvgIpc) is 3.44. The monoisotopic (exact) mass is 417 g/mol. The van der Waals surface area contributed by atoms with Gasteiger partial charge in [0, 0.05) is 13.2 Å². The molecule has 2 aromatic rings. The number of ether oxygens (including phenoxy) is 1. The molecule has 0 saturated heterocycles. The summed E-state index contributed by atoms with van der Waals surface area (Å²) in [6, 6.07) is 5.71. The number of aromatic nitrogens is 2. The standard InChI is InChI=1S/C16H17Cl2N3O4S/c17-14-9-19-21(16(22)15(14)18)12-3-5-13(6-4-12)26(23,24)20-7-8-25-10-11-1-2-11/h3-6,9,11,20H,1-2,7-8,10H2. The number of rotatable bonds is 8. The van der Waals surface area contributed by atoms with Crippen LogP contribution in [0, 0.1) is 5.92 Å². The van der Waals surface area contributed by atoms with E-state index in [0.717, 1.165) is 4.68 Å². The Morgan fingerprint density at radius 2 is 1.92 bits per heavy atom. The van der Waals surface area contributed by atoms with Crippen molar-refractivity contribution in [2.45, 2.75) is 17.7 Å². The zero-order chi connectivity index (χ0) is 18.7. The SMILES string of the molecule is O=c1c(Cl)c(Cl)cnn1-c1ccc(S(=O)(=O)NCCOCC2CC2)cc1. The molecule has 0 unspecified atom stereocenters. The fourth-order valence-electron chi connectivity index (χ4n) is 2.23. The molecule has 0 bridgehead atoms. The van der Waals surface area contributed by atoms with Gasteiger partial charge in [-0.25, -0.2) is 13.1 Å². The molecule has 10 heteroatoms. The number of sulfonamides is 1. The second kappa shape index (κ2) is 8.06. The minimum atomic E-state index is -3.65. The lowest BCUT2D eigenvalue weighted by molar-refractivity contribution is 0.129. The van der Waals surface area contributed by atoms with Crippen LogP contribution in [0.15, 0.2) is 40.2 Å². The second-order valence-corrected chi connectivity index (χ2v) is 8.49. The number of hydrogen-bond acceptors (Lipinski definition) is 5. The van der Waals surface area contributed by atoms with Crippen LogP contribution in [-0.4, -0.2) is 38.0 Å². The lowest BCUT2D eigenvalue weighted by Gasteiger charge is -2.09. The third-order valence-electron chi connectivity index (χ3n) is 3.86. The van der Waals surface area contributed by atoms with E-state index in [4.69, 9.17) is 27.9 Å². The van der Waals surface area contributed by atoms with Crippen LogP contribution in [0.25, 0.3) is 5.69 Å². The van der Waals surface area contributed by atoms with Gasteiger partial charge in [-0.2, -0.15) is 9.78 Å². The van der Waals surface area contributed by atoms with Gasteiger partial charge in [-0.05, 0) is 43.0 Å². The van der Waals surface area contributed by atoms with Crippen molar-refractivity contribution in [2.24, 2.45) is 5.92 Å². The summed E-state index contributed by atoms with van der Waals surface area (Å²) >= 11 is 11.6. The first-order valence-electron chi connectivity index (χ1n) is 7.99. The Morgan fingerprint density at radius 3 is 2.58 bits per heavy atom. The Bertz CT molecular complexity index is 941. The van der Waals surface area contributed by atoms with E-state index in [-0.39, 0.29) is 21.5 Å². The predicted octanol–water partition coefficient (Wildman–Crippen LogP) is 2.24. The highest BCUT2D eigenvalue weighted by molar-refractivity contribution is 7.89. The van der Waals surface area contributed by atoms with Crippen LogP contribution < -0.4 is 10.3 Å². The molecule has 1 aromatic carbocycles. The van der Waals surface area contributed by atoms with Gasteiger partial charge in [-0.3, -0.25) is 4.79 Å². The van der Waals surface area contributed by atoms with Crippen molar-refractivity contribution in [3.63, 3.8) is 0 Å². The fraction of sp³-hybridized carbons (Fsp3) is 0.375. The number of hydrogen-bond donors (Lipinski definition) is 1. The maximum absolute atomic E-state index is 12.3. The number of nitrogens with one attached hydrogen (secondary N) is 1. The van der Waals surface area contributed by atoms with E-state index in [1.165, 1.54) is 43.3 Å². The second-order valence-electron chi connectivity index (χ2n) is 5.93. The molecule has 0 amide bonds. The summed E-state index contributed by atoms with van der Waals surface area (Å²) in [7, 11) is -3.65. The molecule has 7 nitrogen and oxygen atoms in total. The normalized spacial score (nSPS) is 14.5. The van der Waals surface area contributed by atoms with E-state index in [0.29, 0.717) is 24.8 Å². The number of nitrogens with zero attached hydrogens (tertiary/aromatic N) is 2. The van der Waals surface area contributed by atoms with Crippen LogP contribution in [0.3, 0.4) is 0 Å². The van der Waals surface area contributed by atoms with E-state index in [2.05, 4.69) is 9.82 Å². The van der Waals surface area contributed by atoms with E-state index < -0.39 is 15.6 Å². The minimum absolute atomic E-state index is 0.0558. The smallest absolute Gasteiger partial charge is 0.291 e. The lowest BCUT2D eigenvalue weighted by Crippen LogP contribution is -2.28. The van der Waals surface area contributed by atoms with Gasteiger partial charge in [0.25, 0.3) is 5.56 Å². The third kappa shape index (κ3) is 4.63. The summed E-state index contributed by atoms with van der Waals surface area (Å²) in [5.74, 6) is 0.637. The Hall–Kier alpha value is -1.45. The molecule has 0 spiro atoms. The average molecular weight is 418 g/mol. The van der Waals surface area contributed by atoms with Gasteiger partial charge in [-0.15, -0.1) is 0 Å². The first-order valence-corrected chi connectivity index (χ1v) is 10.2. The number of benzene rings is 1. The fourth-order valence-corrected chi connectivity index (χ4v) is 3.50. The molecule has 26 heavy (non-hydrogen) atoms. The van der Waals surface area contributed by atoms with E-state index >= 15 is 0 Å². The van der Waals surface area contributed by atoms with Crippen molar-refractivity contribution in [3.8, 4) is 5.69 Å². The first kappa shape index (κ1) is 19.3. The summed E-state index contributed by atoms with van der Waals surface area (Å²) in [6.07, 6.45) is 3.63. The summed E-state index contributed by atoms with van der Waals surface area (Å²) in [5, 5.41) is 3.80. The summed E-state index contributed by atoms with van der Waals surface area (Å²) in [4.78, 5) is 12.1. The maximum atomic E-state index is 12.3. The molecule has 1 N–H and O–H groups in total. The van der Waals surface area contributed by atoms with Gasteiger partial charge in [-0.1, -0.05) is 23.2 Å². The Balaban J connectivity index is 1.66. The van der Waals surface area contributed by atoms with Gasteiger partial charge in [0.05, 0.1) is 28.4 Å². The van der Waals surface area contributed by atoms with Crippen LogP contribution in [0.5, 0.6) is 0 Å². The molecule has 0 aliphatic heterocycles. The Labute approximate surface area is 160 Å². The molecule has 1 saturated carbocycles. The minimum Gasteiger partial charge on any atom is -0.380 e. The predicted molar refractivity (Wildman–Crippen MR) is 98.6 cm³/mol. The van der Waals surface area contributed by atoms with E-state index in [1.54, 1.807) is 0 Å². The molecule has 1 aromatic heterocycles. The molecule has 3 rings (SSSR count).